The van der Waals surface area contributed by atoms with Gasteiger partial charge in [0.2, 0.25) is 5.91 Å². The predicted octanol–water partition coefficient (Wildman–Crippen LogP) is 3.09. The van der Waals surface area contributed by atoms with E-state index in [4.69, 9.17) is 0 Å². The van der Waals surface area contributed by atoms with E-state index < -0.39 is 4.92 Å². The van der Waals surface area contributed by atoms with Crippen LogP contribution in [0.1, 0.15) is 25.3 Å². The number of nitro groups is 1. The van der Waals surface area contributed by atoms with Crippen LogP contribution in [0.15, 0.2) is 24.3 Å². The van der Waals surface area contributed by atoms with Gasteiger partial charge < -0.3 is 4.90 Å². The maximum atomic E-state index is 12.1. The SMILES string of the molecule is CC1CCCN(C(=O)CSCc2ccc([N+](=O)[O-])cc2)C1. The monoisotopic (exact) mass is 308 g/mol. The summed E-state index contributed by atoms with van der Waals surface area (Å²) in [5, 5.41) is 10.6. The molecule has 1 aromatic rings. The number of non-ortho nitro benzene ring substituents is 1. The number of rotatable bonds is 5. The number of piperidine rings is 1. The minimum Gasteiger partial charge on any atom is -0.342 e. The average Bonchev–Trinajstić information content (AvgIpc) is 2.47. The molecular formula is C15H20N2O3S. The summed E-state index contributed by atoms with van der Waals surface area (Å²) in [5.74, 6) is 1.98. The second-order valence-electron chi connectivity index (χ2n) is 5.50. The first-order valence-electron chi connectivity index (χ1n) is 7.15. The van der Waals surface area contributed by atoms with Crippen molar-refractivity contribution in [2.75, 3.05) is 18.8 Å². The van der Waals surface area contributed by atoms with Crippen LogP contribution in [0.25, 0.3) is 0 Å². The standard InChI is InChI=1S/C15H20N2O3S/c1-12-3-2-8-16(9-12)15(18)11-21-10-13-4-6-14(7-5-13)17(19)20/h4-7,12H,2-3,8-11H2,1H3. The molecule has 0 spiro atoms. The van der Waals surface area contributed by atoms with Gasteiger partial charge in [0.05, 0.1) is 10.7 Å². The van der Waals surface area contributed by atoms with E-state index in [0.29, 0.717) is 17.4 Å². The number of likely N-dealkylation sites (tertiary alicyclic amines) is 1. The maximum absolute atomic E-state index is 12.1. The minimum absolute atomic E-state index is 0.0992. The molecule has 0 saturated carbocycles. The molecule has 1 atom stereocenters. The van der Waals surface area contributed by atoms with Crippen LogP contribution in [0.3, 0.4) is 0 Å². The molecule has 1 saturated heterocycles. The second-order valence-corrected chi connectivity index (χ2v) is 6.49. The summed E-state index contributed by atoms with van der Waals surface area (Å²) in [6.07, 6.45) is 2.31. The molecule has 6 heteroatoms. The Morgan fingerprint density at radius 2 is 2.14 bits per heavy atom. The van der Waals surface area contributed by atoms with E-state index in [2.05, 4.69) is 6.92 Å². The molecular weight excluding hydrogens is 288 g/mol. The summed E-state index contributed by atoms with van der Waals surface area (Å²) in [6.45, 7) is 3.93. The molecule has 5 nitrogen and oxygen atoms in total. The molecule has 1 amide bonds. The fourth-order valence-corrected chi connectivity index (χ4v) is 3.36. The van der Waals surface area contributed by atoms with E-state index in [1.165, 1.54) is 18.6 Å². The summed E-state index contributed by atoms with van der Waals surface area (Å²) in [5.41, 5.74) is 1.10. The average molecular weight is 308 g/mol. The van der Waals surface area contributed by atoms with Crippen LogP contribution in [-0.2, 0) is 10.5 Å². The smallest absolute Gasteiger partial charge is 0.269 e. The summed E-state index contributed by atoms with van der Waals surface area (Å²) in [4.78, 5) is 24.2. The Morgan fingerprint density at radius 3 is 2.76 bits per heavy atom. The Bertz CT molecular complexity index is 504. The summed E-state index contributed by atoms with van der Waals surface area (Å²) in [6, 6.07) is 6.51. The molecule has 21 heavy (non-hydrogen) atoms. The predicted molar refractivity (Wildman–Crippen MR) is 84.2 cm³/mol. The normalized spacial score (nSPS) is 18.5. The van der Waals surface area contributed by atoms with Crippen molar-refractivity contribution >= 4 is 23.4 Å². The fourth-order valence-electron chi connectivity index (χ4n) is 2.48. The van der Waals surface area contributed by atoms with Crippen molar-refractivity contribution in [1.82, 2.24) is 4.90 Å². The Hall–Kier alpha value is -1.56. The Labute approximate surface area is 128 Å². The van der Waals surface area contributed by atoms with Gasteiger partial charge in [-0.2, -0.15) is 0 Å². The highest BCUT2D eigenvalue weighted by molar-refractivity contribution is 7.99. The van der Waals surface area contributed by atoms with E-state index in [0.717, 1.165) is 25.1 Å². The lowest BCUT2D eigenvalue weighted by molar-refractivity contribution is -0.384. The number of thioether (sulfide) groups is 1. The van der Waals surface area contributed by atoms with Crippen molar-refractivity contribution in [3.63, 3.8) is 0 Å². The first-order valence-corrected chi connectivity index (χ1v) is 8.30. The van der Waals surface area contributed by atoms with Crippen molar-refractivity contribution in [2.24, 2.45) is 5.92 Å². The molecule has 0 aliphatic carbocycles. The van der Waals surface area contributed by atoms with Gasteiger partial charge in [-0.3, -0.25) is 14.9 Å². The quantitative estimate of drug-likeness (QED) is 0.619. The third-order valence-corrected chi connectivity index (χ3v) is 4.64. The van der Waals surface area contributed by atoms with Gasteiger partial charge in [-0.1, -0.05) is 19.1 Å². The van der Waals surface area contributed by atoms with Crippen LogP contribution >= 0.6 is 11.8 Å². The van der Waals surface area contributed by atoms with Crippen LogP contribution < -0.4 is 0 Å². The van der Waals surface area contributed by atoms with Crippen LogP contribution in [0.5, 0.6) is 0 Å². The Morgan fingerprint density at radius 1 is 1.43 bits per heavy atom. The minimum atomic E-state index is -0.405. The molecule has 0 radical (unpaired) electrons. The van der Waals surface area contributed by atoms with Crippen molar-refractivity contribution < 1.29 is 9.72 Å². The number of nitro benzene ring substituents is 1. The van der Waals surface area contributed by atoms with Crippen molar-refractivity contribution in [2.45, 2.75) is 25.5 Å². The van der Waals surface area contributed by atoms with Crippen LogP contribution in [0.4, 0.5) is 5.69 Å². The molecule has 1 aromatic carbocycles. The fraction of sp³-hybridized carbons (Fsp3) is 0.533. The molecule has 1 heterocycles. The number of nitrogens with zero attached hydrogens (tertiary/aromatic N) is 2. The van der Waals surface area contributed by atoms with Gasteiger partial charge in [0.1, 0.15) is 0 Å². The van der Waals surface area contributed by atoms with E-state index >= 15 is 0 Å². The lowest BCUT2D eigenvalue weighted by Crippen LogP contribution is -2.40. The molecule has 114 valence electrons. The number of hydrogen-bond acceptors (Lipinski definition) is 4. The van der Waals surface area contributed by atoms with Crippen LogP contribution in [0, 0.1) is 16.0 Å². The van der Waals surface area contributed by atoms with E-state index in [1.807, 2.05) is 4.90 Å². The molecule has 1 unspecified atom stereocenters. The van der Waals surface area contributed by atoms with Crippen molar-refractivity contribution in [3.05, 3.63) is 39.9 Å². The summed E-state index contributed by atoms with van der Waals surface area (Å²) >= 11 is 1.56. The highest BCUT2D eigenvalue weighted by atomic mass is 32.2. The van der Waals surface area contributed by atoms with Gasteiger partial charge in [0, 0.05) is 31.0 Å². The largest absolute Gasteiger partial charge is 0.342 e. The van der Waals surface area contributed by atoms with Gasteiger partial charge >= 0.3 is 0 Å². The number of carbonyl (C=O) groups excluding carboxylic acids is 1. The number of hydrogen-bond donors (Lipinski definition) is 0. The highest BCUT2D eigenvalue weighted by Gasteiger charge is 2.20. The molecule has 2 rings (SSSR count). The number of benzene rings is 1. The molecule has 1 aliphatic rings. The number of carbonyl (C=O) groups is 1. The summed E-state index contributed by atoms with van der Waals surface area (Å²) in [7, 11) is 0. The van der Waals surface area contributed by atoms with Gasteiger partial charge in [-0.05, 0) is 24.3 Å². The van der Waals surface area contributed by atoms with Gasteiger partial charge in [-0.15, -0.1) is 11.8 Å². The van der Waals surface area contributed by atoms with E-state index in [9.17, 15) is 14.9 Å². The van der Waals surface area contributed by atoms with Crippen LogP contribution in [-0.4, -0.2) is 34.6 Å². The second kappa shape index (κ2) is 7.45. The molecule has 0 N–H and O–H groups in total. The van der Waals surface area contributed by atoms with Gasteiger partial charge in [0.25, 0.3) is 5.69 Å². The first kappa shape index (κ1) is 15.8. The third kappa shape index (κ3) is 4.74. The van der Waals surface area contributed by atoms with Crippen molar-refractivity contribution in [3.8, 4) is 0 Å². The Balaban J connectivity index is 1.75. The van der Waals surface area contributed by atoms with E-state index in [1.54, 1.807) is 23.9 Å². The summed E-state index contributed by atoms with van der Waals surface area (Å²) < 4.78 is 0. The Kier molecular flexibility index (Phi) is 5.61. The van der Waals surface area contributed by atoms with Crippen LogP contribution in [0.2, 0.25) is 0 Å². The topological polar surface area (TPSA) is 63.5 Å². The zero-order valence-electron chi connectivity index (χ0n) is 12.2. The lowest BCUT2D eigenvalue weighted by atomic mass is 10.0. The number of amides is 1. The maximum Gasteiger partial charge on any atom is 0.269 e. The highest BCUT2D eigenvalue weighted by Crippen LogP contribution is 2.19. The van der Waals surface area contributed by atoms with Gasteiger partial charge in [-0.25, -0.2) is 0 Å². The molecule has 0 aromatic heterocycles. The third-order valence-electron chi connectivity index (χ3n) is 3.65. The first-order chi connectivity index (χ1) is 10.1. The zero-order valence-corrected chi connectivity index (χ0v) is 13.0. The van der Waals surface area contributed by atoms with E-state index in [-0.39, 0.29) is 11.6 Å². The molecule has 1 aliphatic heterocycles. The zero-order chi connectivity index (χ0) is 15.2. The lowest BCUT2D eigenvalue weighted by Gasteiger charge is -2.30. The molecule has 1 fully saturated rings. The van der Waals surface area contributed by atoms with Gasteiger partial charge in [0.15, 0.2) is 0 Å². The molecule has 0 bridgehead atoms. The van der Waals surface area contributed by atoms with Crippen molar-refractivity contribution in [1.29, 1.82) is 0 Å².